The molecule has 2 amide bonds. The molecule has 1 atom stereocenters. The van der Waals surface area contributed by atoms with Crippen molar-refractivity contribution < 1.29 is 22.8 Å². The summed E-state index contributed by atoms with van der Waals surface area (Å²) in [5, 5.41) is 4.57. The third-order valence-electron chi connectivity index (χ3n) is 3.40. The van der Waals surface area contributed by atoms with Crippen LogP contribution in [0.4, 0.5) is 24.8 Å². The first-order valence-electron chi connectivity index (χ1n) is 7.61. The third-order valence-corrected chi connectivity index (χ3v) is 4.48. The van der Waals surface area contributed by atoms with E-state index < -0.39 is 28.8 Å². The molecular formula is C16H12F3N5O2S. The number of nitrogens with zero attached hydrogens (tertiary/aromatic N) is 3. The van der Waals surface area contributed by atoms with Crippen LogP contribution in [0.15, 0.2) is 47.7 Å². The highest BCUT2D eigenvalue weighted by molar-refractivity contribution is 8.15. The number of hydrogen-bond donors (Lipinski definition) is 2. The second-order valence-electron chi connectivity index (χ2n) is 5.39. The topological polar surface area (TPSA) is 96.3 Å². The number of benzene rings is 1. The Balaban J connectivity index is 1.58. The van der Waals surface area contributed by atoms with Gasteiger partial charge >= 0.3 is 6.18 Å². The second kappa shape index (κ2) is 7.74. The molecule has 1 aromatic carbocycles. The molecule has 0 radical (unpaired) electrons. The summed E-state index contributed by atoms with van der Waals surface area (Å²) in [7, 11) is 0. The van der Waals surface area contributed by atoms with Gasteiger partial charge in [-0.15, -0.1) is 0 Å². The van der Waals surface area contributed by atoms with Crippen LogP contribution in [0, 0.1) is 0 Å². The fourth-order valence-corrected chi connectivity index (χ4v) is 3.12. The zero-order chi connectivity index (χ0) is 19.4. The van der Waals surface area contributed by atoms with Gasteiger partial charge in [0.1, 0.15) is 5.25 Å². The van der Waals surface area contributed by atoms with Crippen molar-refractivity contribution in [2.75, 3.05) is 5.32 Å². The van der Waals surface area contributed by atoms with Crippen LogP contribution >= 0.6 is 11.8 Å². The van der Waals surface area contributed by atoms with Gasteiger partial charge in [0.05, 0.1) is 5.56 Å². The van der Waals surface area contributed by atoms with Gasteiger partial charge in [-0.3, -0.25) is 9.59 Å². The minimum Gasteiger partial charge on any atom is -0.326 e. The molecule has 0 bridgehead atoms. The molecule has 3 rings (SSSR count). The normalized spacial score (nSPS) is 18.4. The number of amides is 2. The Morgan fingerprint density at radius 1 is 1.22 bits per heavy atom. The standard InChI is InChI=1S/C16H12F3N5O2S/c17-16(18,19)9-2-4-10(5-3-9)22-12(25)8-11-13(26)23-15(27-11)24-14-20-6-1-7-21-14/h1-7,11H,8H2,(H,22,25)(H,20,21,23,24,26). The van der Waals surface area contributed by atoms with E-state index in [1.54, 1.807) is 6.07 Å². The van der Waals surface area contributed by atoms with E-state index in [4.69, 9.17) is 0 Å². The molecule has 0 saturated carbocycles. The average Bonchev–Trinajstić information content (AvgIpc) is 2.94. The van der Waals surface area contributed by atoms with Crippen molar-refractivity contribution in [3.8, 4) is 0 Å². The Morgan fingerprint density at radius 2 is 1.89 bits per heavy atom. The van der Waals surface area contributed by atoms with Crippen molar-refractivity contribution >= 4 is 40.4 Å². The number of amidine groups is 1. The maximum atomic E-state index is 12.5. The summed E-state index contributed by atoms with van der Waals surface area (Å²) in [4.78, 5) is 35.9. The van der Waals surface area contributed by atoms with E-state index in [0.717, 1.165) is 36.0 Å². The number of anilines is 1. The van der Waals surface area contributed by atoms with Crippen molar-refractivity contribution in [3.63, 3.8) is 0 Å². The SMILES string of the molecule is O=C(CC1S/C(=N\c2ncccn2)NC1=O)Nc1ccc(C(F)(F)F)cc1. The lowest BCUT2D eigenvalue weighted by atomic mass is 10.2. The number of carbonyl (C=O) groups excluding carboxylic acids is 2. The van der Waals surface area contributed by atoms with Gasteiger partial charge < -0.3 is 10.6 Å². The van der Waals surface area contributed by atoms with Crippen LogP contribution in [0.1, 0.15) is 12.0 Å². The van der Waals surface area contributed by atoms with Crippen LogP contribution in [-0.2, 0) is 15.8 Å². The van der Waals surface area contributed by atoms with Crippen molar-refractivity contribution in [2.24, 2.45) is 4.99 Å². The smallest absolute Gasteiger partial charge is 0.326 e. The van der Waals surface area contributed by atoms with Gasteiger partial charge in [-0.1, -0.05) is 11.8 Å². The number of halogens is 3. The van der Waals surface area contributed by atoms with Crippen LogP contribution in [0.5, 0.6) is 0 Å². The number of carbonyl (C=O) groups is 2. The van der Waals surface area contributed by atoms with Gasteiger partial charge in [0.2, 0.25) is 11.8 Å². The Hall–Kier alpha value is -2.95. The second-order valence-corrected chi connectivity index (χ2v) is 6.58. The molecule has 7 nitrogen and oxygen atoms in total. The molecule has 0 spiro atoms. The molecule has 1 saturated heterocycles. The lowest BCUT2D eigenvalue weighted by molar-refractivity contribution is -0.137. The van der Waals surface area contributed by atoms with E-state index in [1.807, 2.05) is 0 Å². The molecule has 1 unspecified atom stereocenters. The van der Waals surface area contributed by atoms with Crippen LogP contribution in [0.2, 0.25) is 0 Å². The molecule has 2 aromatic rings. The summed E-state index contributed by atoms with van der Waals surface area (Å²) in [6.07, 6.45) is -1.60. The first kappa shape index (κ1) is 18.8. The van der Waals surface area contributed by atoms with Gasteiger partial charge in [0, 0.05) is 24.5 Å². The Bertz CT molecular complexity index is 872. The minimum absolute atomic E-state index is 0.161. The first-order chi connectivity index (χ1) is 12.8. The molecular weight excluding hydrogens is 383 g/mol. The zero-order valence-electron chi connectivity index (χ0n) is 13.5. The lowest BCUT2D eigenvalue weighted by Gasteiger charge is -2.09. The minimum atomic E-state index is -4.45. The van der Waals surface area contributed by atoms with Crippen molar-refractivity contribution in [1.29, 1.82) is 0 Å². The van der Waals surface area contributed by atoms with Crippen LogP contribution in [-0.4, -0.2) is 32.2 Å². The third kappa shape index (κ3) is 5.03. The summed E-state index contributed by atoms with van der Waals surface area (Å²) in [5.41, 5.74) is -0.599. The molecule has 140 valence electrons. The molecule has 0 aliphatic carbocycles. The first-order valence-corrected chi connectivity index (χ1v) is 8.49. The van der Waals surface area contributed by atoms with E-state index in [2.05, 4.69) is 25.6 Å². The highest BCUT2D eigenvalue weighted by Gasteiger charge is 2.33. The molecule has 1 aromatic heterocycles. The van der Waals surface area contributed by atoms with Gasteiger partial charge in [0.25, 0.3) is 5.95 Å². The number of aromatic nitrogens is 2. The quantitative estimate of drug-likeness (QED) is 0.830. The van der Waals surface area contributed by atoms with Gasteiger partial charge in [-0.25, -0.2) is 9.97 Å². The molecule has 1 aliphatic rings. The van der Waals surface area contributed by atoms with Gasteiger partial charge in [0.15, 0.2) is 5.17 Å². The summed E-state index contributed by atoms with van der Waals surface area (Å²) in [6, 6.07) is 5.68. The summed E-state index contributed by atoms with van der Waals surface area (Å²) < 4.78 is 37.6. The molecule has 11 heteroatoms. The number of rotatable bonds is 4. The van der Waals surface area contributed by atoms with Crippen molar-refractivity contribution in [3.05, 3.63) is 48.3 Å². The van der Waals surface area contributed by atoms with E-state index >= 15 is 0 Å². The monoisotopic (exact) mass is 395 g/mol. The van der Waals surface area contributed by atoms with Crippen LogP contribution in [0.3, 0.4) is 0 Å². The predicted octanol–water partition coefficient (Wildman–Crippen LogP) is 2.74. The molecule has 1 fully saturated rings. The Kier molecular flexibility index (Phi) is 5.40. The molecule has 2 N–H and O–H groups in total. The Morgan fingerprint density at radius 3 is 2.52 bits per heavy atom. The number of aliphatic imine (C=N–C) groups is 1. The van der Waals surface area contributed by atoms with Crippen molar-refractivity contribution in [2.45, 2.75) is 17.8 Å². The Labute approximate surface area is 155 Å². The van der Waals surface area contributed by atoms with E-state index in [9.17, 15) is 22.8 Å². The maximum absolute atomic E-state index is 12.5. The van der Waals surface area contributed by atoms with E-state index in [-0.39, 0.29) is 23.2 Å². The van der Waals surface area contributed by atoms with Gasteiger partial charge in [-0.05, 0) is 30.3 Å². The fraction of sp³-hybridized carbons (Fsp3) is 0.188. The number of hydrogen-bond acceptors (Lipinski definition) is 6. The maximum Gasteiger partial charge on any atom is 0.416 e. The fourth-order valence-electron chi connectivity index (χ4n) is 2.16. The largest absolute Gasteiger partial charge is 0.416 e. The van der Waals surface area contributed by atoms with E-state index in [1.165, 1.54) is 12.4 Å². The van der Waals surface area contributed by atoms with Crippen molar-refractivity contribution in [1.82, 2.24) is 15.3 Å². The number of alkyl halides is 3. The molecule has 2 heterocycles. The number of thioether (sulfide) groups is 1. The highest BCUT2D eigenvalue weighted by Crippen LogP contribution is 2.30. The van der Waals surface area contributed by atoms with Crippen LogP contribution in [0.25, 0.3) is 0 Å². The van der Waals surface area contributed by atoms with E-state index in [0.29, 0.717) is 0 Å². The summed E-state index contributed by atoms with van der Waals surface area (Å²) in [6.45, 7) is 0. The summed E-state index contributed by atoms with van der Waals surface area (Å²) in [5.74, 6) is -0.716. The predicted molar refractivity (Wildman–Crippen MR) is 93.3 cm³/mol. The number of nitrogens with one attached hydrogen (secondary N) is 2. The molecule has 1 aliphatic heterocycles. The van der Waals surface area contributed by atoms with Gasteiger partial charge in [-0.2, -0.15) is 18.2 Å². The lowest BCUT2D eigenvalue weighted by Crippen LogP contribution is -2.28. The summed E-state index contributed by atoms with van der Waals surface area (Å²) >= 11 is 1.06. The highest BCUT2D eigenvalue weighted by atomic mass is 32.2. The average molecular weight is 395 g/mol. The molecule has 27 heavy (non-hydrogen) atoms. The zero-order valence-corrected chi connectivity index (χ0v) is 14.3. The van der Waals surface area contributed by atoms with Crippen LogP contribution < -0.4 is 10.6 Å².